The van der Waals surface area contributed by atoms with Crippen molar-refractivity contribution >= 4 is 6.09 Å². The second-order valence-corrected chi connectivity index (χ2v) is 6.32. The van der Waals surface area contributed by atoms with Gasteiger partial charge in [-0.3, -0.25) is 0 Å². The number of amides is 1. The van der Waals surface area contributed by atoms with Gasteiger partial charge in [-0.2, -0.15) is 0 Å². The molecule has 0 aliphatic rings. The summed E-state index contributed by atoms with van der Waals surface area (Å²) in [4.78, 5) is 12.0. The molecule has 0 aliphatic heterocycles. The highest BCUT2D eigenvalue weighted by Crippen LogP contribution is 2.26. The molecular formula is C18H21FN2O3. The van der Waals surface area contributed by atoms with Gasteiger partial charge in [-0.1, -0.05) is 23.4 Å². The van der Waals surface area contributed by atoms with Gasteiger partial charge in [0.2, 0.25) is 0 Å². The Kier molecular flexibility index (Phi) is 5.39. The predicted octanol–water partition coefficient (Wildman–Crippen LogP) is 4.62. The van der Waals surface area contributed by atoms with Crippen LogP contribution in [-0.4, -0.2) is 16.9 Å². The van der Waals surface area contributed by atoms with Gasteiger partial charge in [0.1, 0.15) is 17.1 Å². The van der Waals surface area contributed by atoms with Gasteiger partial charge in [0.25, 0.3) is 0 Å². The van der Waals surface area contributed by atoms with E-state index in [1.807, 2.05) is 0 Å². The number of rotatable bonds is 5. The summed E-state index contributed by atoms with van der Waals surface area (Å²) in [5, 5.41) is 6.66. The van der Waals surface area contributed by atoms with Crippen molar-refractivity contribution in [1.82, 2.24) is 10.5 Å². The van der Waals surface area contributed by atoms with Crippen LogP contribution in [-0.2, 0) is 4.74 Å². The highest BCUT2D eigenvalue weighted by molar-refractivity contribution is 5.68. The van der Waals surface area contributed by atoms with E-state index in [4.69, 9.17) is 9.26 Å². The standard InChI is InChI=1S/C18H21FN2O3/c1-5-8-14(20-17(22)23-18(2,3)4)15-11-16(24-21-15)12-9-6-7-10-13(12)19/h5-7,9-11,14H,1,8H2,2-4H3,(H,20,22)/t14-/m0/s1. The van der Waals surface area contributed by atoms with E-state index < -0.39 is 23.6 Å². The molecule has 0 aliphatic carbocycles. The lowest BCUT2D eigenvalue weighted by molar-refractivity contribution is 0.0502. The molecular weight excluding hydrogens is 311 g/mol. The van der Waals surface area contributed by atoms with Crippen molar-refractivity contribution in [2.45, 2.75) is 38.8 Å². The van der Waals surface area contributed by atoms with Gasteiger partial charge in [-0.15, -0.1) is 6.58 Å². The molecule has 128 valence electrons. The van der Waals surface area contributed by atoms with Crippen LogP contribution in [0, 0.1) is 5.82 Å². The van der Waals surface area contributed by atoms with Crippen LogP contribution in [0.3, 0.4) is 0 Å². The number of halogens is 1. The first-order valence-electron chi connectivity index (χ1n) is 7.62. The number of alkyl carbamates (subject to hydrolysis) is 1. The largest absolute Gasteiger partial charge is 0.444 e. The van der Waals surface area contributed by atoms with Crippen molar-refractivity contribution in [3.63, 3.8) is 0 Å². The molecule has 1 N–H and O–H groups in total. The summed E-state index contributed by atoms with van der Waals surface area (Å²) in [7, 11) is 0. The van der Waals surface area contributed by atoms with Crippen LogP contribution < -0.4 is 5.32 Å². The molecule has 0 bridgehead atoms. The molecule has 5 nitrogen and oxygen atoms in total. The minimum Gasteiger partial charge on any atom is -0.444 e. The molecule has 1 amide bonds. The number of carbonyl (C=O) groups is 1. The fourth-order valence-electron chi connectivity index (χ4n) is 2.11. The third-order valence-electron chi connectivity index (χ3n) is 3.12. The Balaban J connectivity index is 2.19. The van der Waals surface area contributed by atoms with E-state index in [1.54, 1.807) is 51.1 Å². The molecule has 0 unspecified atom stereocenters. The summed E-state index contributed by atoms with van der Waals surface area (Å²) in [6, 6.07) is 7.38. The van der Waals surface area contributed by atoms with Crippen molar-refractivity contribution in [3.05, 3.63) is 54.5 Å². The molecule has 1 heterocycles. The molecule has 0 fully saturated rings. The van der Waals surface area contributed by atoms with Gasteiger partial charge >= 0.3 is 6.09 Å². The van der Waals surface area contributed by atoms with Crippen molar-refractivity contribution in [2.24, 2.45) is 0 Å². The number of nitrogens with zero attached hydrogens (tertiary/aromatic N) is 1. The quantitative estimate of drug-likeness (QED) is 0.811. The lowest BCUT2D eigenvalue weighted by Crippen LogP contribution is -2.35. The minimum absolute atomic E-state index is 0.295. The fraction of sp³-hybridized carbons (Fsp3) is 0.333. The molecule has 0 radical (unpaired) electrons. The molecule has 2 rings (SSSR count). The number of benzene rings is 1. The average Bonchev–Trinajstić information content (AvgIpc) is 2.95. The van der Waals surface area contributed by atoms with Crippen LogP contribution in [0.2, 0.25) is 0 Å². The molecule has 1 atom stereocenters. The molecule has 1 aromatic carbocycles. The number of carbonyl (C=O) groups excluding carboxylic acids is 1. The molecule has 2 aromatic rings. The normalized spacial score (nSPS) is 12.5. The summed E-state index contributed by atoms with van der Waals surface area (Å²) in [6.07, 6.45) is 1.52. The second-order valence-electron chi connectivity index (χ2n) is 6.32. The SMILES string of the molecule is C=CC[C@H](NC(=O)OC(C)(C)C)c1cc(-c2ccccc2F)on1. The average molecular weight is 332 g/mol. The zero-order chi connectivity index (χ0) is 17.7. The zero-order valence-corrected chi connectivity index (χ0v) is 14.0. The highest BCUT2D eigenvalue weighted by atomic mass is 19.1. The Morgan fingerprint density at radius 1 is 1.46 bits per heavy atom. The Bertz CT molecular complexity index is 719. The third kappa shape index (κ3) is 4.68. The first-order chi connectivity index (χ1) is 11.3. The van der Waals surface area contributed by atoms with Gasteiger partial charge in [0, 0.05) is 6.07 Å². The smallest absolute Gasteiger partial charge is 0.408 e. The van der Waals surface area contributed by atoms with E-state index in [0.29, 0.717) is 23.4 Å². The summed E-state index contributed by atoms with van der Waals surface area (Å²) >= 11 is 0. The summed E-state index contributed by atoms with van der Waals surface area (Å²) < 4.78 is 24.3. The first kappa shape index (κ1) is 17.7. The number of ether oxygens (including phenoxy) is 1. The van der Waals surface area contributed by atoms with Crippen molar-refractivity contribution in [3.8, 4) is 11.3 Å². The minimum atomic E-state index is -0.606. The van der Waals surface area contributed by atoms with E-state index >= 15 is 0 Å². The number of hydrogen-bond donors (Lipinski definition) is 1. The summed E-state index contributed by atoms with van der Waals surface area (Å²) in [6.45, 7) is 9.01. The van der Waals surface area contributed by atoms with E-state index in [1.165, 1.54) is 6.07 Å². The van der Waals surface area contributed by atoms with Gasteiger partial charge in [-0.25, -0.2) is 9.18 Å². The van der Waals surface area contributed by atoms with E-state index in [9.17, 15) is 9.18 Å². The van der Waals surface area contributed by atoms with Crippen molar-refractivity contribution < 1.29 is 18.4 Å². The second kappa shape index (κ2) is 7.29. The van der Waals surface area contributed by atoms with E-state index in [0.717, 1.165) is 0 Å². The highest BCUT2D eigenvalue weighted by Gasteiger charge is 2.23. The molecule has 0 saturated heterocycles. The van der Waals surface area contributed by atoms with Crippen LogP contribution in [0.1, 0.15) is 38.9 Å². The number of nitrogens with one attached hydrogen (secondary N) is 1. The van der Waals surface area contributed by atoms with Crippen molar-refractivity contribution in [1.29, 1.82) is 0 Å². The first-order valence-corrected chi connectivity index (χ1v) is 7.62. The molecule has 6 heteroatoms. The maximum atomic E-state index is 13.8. The number of hydrogen-bond acceptors (Lipinski definition) is 4. The van der Waals surface area contributed by atoms with Crippen LogP contribution in [0.4, 0.5) is 9.18 Å². The van der Waals surface area contributed by atoms with Gasteiger partial charge in [0.05, 0.1) is 11.6 Å². The van der Waals surface area contributed by atoms with E-state index in [2.05, 4.69) is 17.1 Å². The summed E-state index contributed by atoms with van der Waals surface area (Å²) in [5.74, 6) is -0.108. The topological polar surface area (TPSA) is 64.4 Å². The fourth-order valence-corrected chi connectivity index (χ4v) is 2.11. The van der Waals surface area contributed by atoms with Crippen LogP contribution >= 0.6 is 0 Å². The van der Waals surface area contributed by atoms with Crippen LogP contribution in [0.15, 0.2) is 47.5 Å². The molecule has 0 spiro atoms. The lowest BCUT2D eigenvalue weighted by atomic mass is 10.1. The van der Waals surface area contributed by atoms with E-state index in [-0.39, 0.29) is 0 Å². The maximum absolute atomic E-state index is 13.8. The van der Waals surface area contributed by atoms with Gasteiger partial charge in [-0.05, 0) is 39.3 Å². The Labute approximate surface area is 140 Å². The van der Waals surface area contributed by atoms with Crippen LogP contribution in [0.25, 0.3) is 11.3 Å². The molecule has 24 heavy (non-hydrogen) atoms. The van der Waals surface area contributed by atoms with Gasteiger partial charge < -0.3 is 14.6 Å². The van der Waals surface area contributed by atoms with Gasteiger partial charge in [0.15, 0.2) is 5.76 Å². The lowest BCUT2D eigenvalue weighted by Gasteiger charge is -2.22. The van der Waals surface area contributed by atoms with Crippen LogP contribution in [0.5, 0.6) is 0 Å². The Hall–Kier alpha value is -2.63. The zero-order valence-electron chi connectivity index (χ0n) is 14.0. The third-order valence-corrected chi connectivity index (χ3v) is 3.12. The molecule has 1 aromatic heterocycles. The predicted molar refractivity (Wildman–Crippen MR) is 88.8 cm³/mol. The Morgan fingerprint density at radius 2 is 2.17 bits per heavy atom. The monoisotopic (exact) mass is 332 g/mol. The molecule has 0 saturated carbocycles. The summed E-state index contributed by atoms with van der Waals surface area (Å²) in [5.41, 5.74) is 0.176. The van der Waals surface area contributed by atoms with Crippen molar-refractivity contribution in [2.75, 3.05) is 0 Å². The Morgan fingerprint density at radius 3 is 2.79 bits per heavy atom. The maximum Gasteiger partial charge on any atom is 0.408 e. The number of aromatic nitrogens is 1.